The van der Waals surface area contributed by atoms with Crippen LogP contribution in [0.2, 0.25) is 0 Å². The second-order valence-corrected chi connectivity index (χ2v) is 7.72. The van der Waals surface area contributed by atoms with E-state index in [4.69, 9.17) is 0 Å². The van der Waals surface area contributed by atoms with Gasteiger partial charge in [-0.3, -0.25) is 9.59 Å². The highest BCUT2D eigenvalue weighted by Crippen LogP contribution is 2.24. The molecule has 0 saturated carbocycles. The van der Waals surface area contributed by atoms with Crippen LogP contribution in [0.3, 0.4) is 0 Å². The maximum Gasteiger partial charge on any atom is 0.325 e. The summed E-state index contributed by atoms with van der Waals surface area (Å²) >= 11 is 2.08. The van der Waals surface area contributed by atoms with Crippen LogP contribution < -0.4 is 4.80 Å². The van der Waals surface area contributed by atoms with Gasteiger partial charge in [-0.25, -0.2) is 13.8 Å². The van der Waals surface area contributed by atoms with Crippen LogP contribution in [0, 0.1) is 11.6 Å². The number of carbonyl (C=O) groups is 2. The maximum atomic E-state index is 14.3. The molecule has 142 valence electrons. The Kier molecular flexibility index (Phi) is 4.73. The van der Waals surface area contributed by atoms with Crippen molar-refractivity contribution in [3.8, 4) is 0 Å². The average Bonchev–Trinajstić information content (AvgIpc) is 3.23. The number of methoxy groups -OCH3 is 1. The normalized spacial score (nSPS) is 12.0. The second-order valence-electron chi connectivity index (χ2n) is 5.68. The van der Waals surface area contributed by atoms with Crippen molar-refractivity contribution in [2.24, 2.45) is 4.99 Å². The third-order valence-electron chi connectivity index (χ3n) is 3.88. The van der Waals surface area contributed by atoms with Gasteiger partial charge in [0.1, 0.15) is 12.4 Å². The minimum Gasteiger partial charge on any atom is -0.468 e. The number of hydrogen-bond donors (Lipinski definition) is 0. The Morgan fingerprint density at radius 2 is 1.96 bits per heavy atom. The molecule has 28 heavy (non-hydrogen) atoms. The molecule has 2 aromatic carbocycles. The van der Waals surface area contributed by atoms with Gasteiger partial charge >= 0.3 is 11.9 Å². The molecule has 0 N–H and O–H groups in total. The molecule has 0 aliphatic heterocycles. The van der Waals surface area contributed by atoms with Crippen LogP contribution in [0.25, 0.3) is 20.4 Å². The van der Waals surface area contributed by atoms with E-state index in [0.29, 0.717) is 11.6 Å². The van der Waals surface area contributed by atoms with Gasteiger partial charge in [-0.15, -0.1) is 11.3 Å². The first-order valence-corrected chi connectivity index (χ1v) is 9.59. The highest BCUT2D eigenvalue weighted by molar-refractivity contribution is 7.20. The number of carbonyl (C=O) groups excluding carboxylic acids is 2. The Hall–Kier alpha value is -2.98. The lowest BCUT2D eigenvalue weighted by Gasteiger charge is -2.04. The molecule has 2 heterocycles. The third kappa shape index (κ3) is 3.32. The Bertz CT molecular complexity index is 1270. The summed E-state index contributed by atoms with van der Waals surface area (Å²) in [5, 5.41) is 0.162. The predicted octanol–water partition coefficient (Wildman–Crippen LogP) is 3.50. The Morgan fingerprint density at radius 1 is 1.18 bits per heavy atom. The number of benzene rings is 2. The molecule has 0 aliphatic rings. The minimum atomic E-state index is -0.857. The SMILES string of the molecule is COC(=O)Cn1c(=NC(=O)c2nc3ccccc3s2)sc2cc(F)cc(F)c21. The molecule has 0 spiro atoms. The fourth-order valence-corrected chi connectivity index (χ4v) is 4.57. The summed E-state index contributed by atoms with van der Waals surface area (Å²) in [6.45, 7) is -0.370. The lowest BCUT2D eigenvalue weighted by atomic mass is 10.3. The van der Waals surface area contributed by atoms with Gasteiger partial charge in [-0.2, -0.15) is 4.99 Å². The fraction of sp³-hybridized carbons (Fsp3) is 0.111. The number of esters is 1. The molecular formula is C18H11F2N3O3S2. The first kappa shape index (κ1) is 18.4. The fourth-order valence-electron chi connectivity index (χ4n) is 2.65. The Labute approximate surface area is 164 Å². The first-order valence-electron chi connectivity index (χ1n) is 7.96. The van der Waals surface area contributed by atoms with Crippen LogP contribution in [0.1, 0.15) is 9.80 Å². The van der Waals surface area contributed by atoms with Crippen molar-refractivity contribution < 1.29 is 23.1 Å². The molecule has 1 amide bonds. The number of thiazole rings is 2. The molecule has 6 nitrogen and oxygen atoms in total. The van der Waals surface area contributed by atoms with Crippen molar-refractivity contribution >= 4 is 55.0 Å². The van der Waals surface area contributed by atoms with Gasteiger partial charge in [0.15, 0.2) is 15.6 Å². The van der Waals surface area contributed by atoms with Gasteiger partial charge in [-0.05, 0) is 18.2 Å². The largest absolute Gasteiger partial charge is 0.468 e. The number of fused-ring (bicyclic) bond motifs is 2. The smallest absolute Gasteiger partial charge is 0.325 e. The molecule has 0 saturated heterocycles. The van der Waals surface area contributed by atoms with E-state index in [-0.39, 0.29) is 26.6 Å². The first-order chi connectivity index (χ1) is 13.5. The maximum absolute atomic E-state index is 14.3. The number of para-hydroxylation sites is 1. The number of halogens is 2. The molecule has 0 unspecified atom stereocenters. The average molecular weight is 419 g/mol. The predicted molar refractivity (Wildman–Crippen MR) is 101 cm³/mol. The minimum absolute atomic E-state index is 0.0207. The Balaban J connectivity index is 1.88. The van der Waals surface area contributed by atoms with Gasteiger partial charge in [-0.1, -0.05) is 23.5 Å². The van der Waals surface area contributed by atoms with Crippen LogP contribution in [-0.4, -0.2) is 28.5 Å². The molecule has 0 radical (unpaired) electrons. The summed E-state index contributed by atoms with van der Waals surface area (Å²) in [4.78, 5) is 32.7. The van der Waals surface area contributed by atoms with E-state index in [0.717, 1.165) is 22.1 Å². The van der Waals surface area contributed by atoms with E-state index in [1.165, 1.54) is 23.0 Å². The summed E-state index contributed by atoms with van der Waals surface area (Å²) < 4.78 is 34.8. The number of amides is 1. The van der Waals surface area contributed by atoms with Crippen molar-refractivity contribution in [2.45, 2.75) is 6.54 Å². The third-order valence-corrected chi connectivity index (χ3v) is 5.93. The van der Waals surface area contributed by atoms with E-state index >= 15 is 0 Å². The van der Waals surface area contributed by atoms with Crippen molar-refractivity contribution in [2.75, 3.05) is 7.11 Å². The molecule has 4 aromatic rings. The zero-order valence-corrected chi connectivity index (χ0v) is 15.9. The molecule has 0 fully saturated rings. The van der Waals surface area contributed by atoms with Crippen molar-refractivity contribution in [1.29, 1.82) is 0 Å². The van der Waals surface area contributed by atoms with E-state index in [1.54, 1.807) is 12.1 Å². The number of aromatic nitrogens is 2. The molecule has 10 heteroatoms. The zero-order chi connectivity index (χ0) is 19.8. The highest BCUT2D eigenvalue weighted by atomic mass is 32.1. The monoisotopic (exact) mass is 419 g/mol. The highest BCUT2D eigenvalue weighted by Gasteiger charge is 2.18. The quantitative estimate of drug-likeness (QED) is 0.477. The summed E-state index contributed by atoms with van der Waals surface area (Å²) in [5.41, 5.74) is 0.644. The van der Waals surface area contributed by atoms with Gasteiger partial charge in [0.05, 0.1) is 27.5 Å². The lowest BCUT2D eigenvalue weighted by molar-refractivity contribution is -0.141. The molecule has 0 aliphatic carbocycles. The molecule has 2 aromatic heterocycles. The van der Waals surface area contributed by atoms with Crippen molar-refractivity contribution in [3.05, 3.63) is 57.8 Å². The summed E-state index contributed by atoms with van der Waals surface area (Å²) in [5.74, 6) is -2.91. The van der Waals surface area contributed by atoms with Crippen molar-refractivity contribution in [3.63, 3.8) is 0 Å². The topological polar surface area (TPSA) is 73.6 Å². The molecule has 4 rings (SSSR count). The van der Waals surface area contributed by atoms with E-state index in [9.17, 15) is 18.4 Å². The second kappa shape index (κ2) is 7.21. The summed E-state index contributed by atoms with van der Waals surface area (Å²) in [7, 11) is 1.19. The van der Waals surface area contributed by atoms with Crippen LogP contribution >= 0.6 is 22.7 Å². The molecular weight excluding hydrogens is 408 g/mol. The Morgan fingerprint density at radius 3 is 2.71 bits per heavy atom. The van der Waals surface area contributed by atoms with Crippen LogP contribution in [0.15, 0.2) is 41.4 Å². The van der Waals surface area contributed by atoms with Crippen LogP contribution in [0.5, 0.6) is 0 Å². The zero-order valence-electron chi connectivity index (χ0n) is 14.3. The van der Waals surface area contributed by atoms with Crippen LogP contribution in [-0.2, 0) is 16.1 Å². The van der Waals surface area contributed by atoms with Gasteiger partial charge < -0.3 is 9.30 Å². The lowest BCUT2D eigenvalue weighted by Crippen LogP contribution is -2.22. The van der Waals surface area contributed by atoms with Gasteiger partial charge in [0.2, 0.25) is 0 Å². The van der Waals surface area contributed by atoms with Crippen molar-refractivity contribution in [1.82, 2.24) is 9.55 Å². The van der Waals surface area contributed by atoms with E-state index in [1.807, 2.05) is 12.1 Å². The van der Waals surface area contributed by atoms with Crippen LogP contribution in [0.4, 0.5) is 8.78 Å². The molecule has 0 atom stereocenters. The van der Waals surface area contributed by atoms with Gasteiger partial charge in [0, 0.05) is 6.07 Å². The molecule has 0 bridgehead atoms. The number of nitrogens with zero attached hydrogens (tertiary/aromatic N) is 3. The van der Waals surface area contributed by atoms with Gasteiger partial charge in [0.25, 0.3) is 0 Å². The van der Waals surface area contributed by atoms with E-state index in [2.05, 4.69) is 14.7 Å². The number of hydrogen-bond acceptors (Lipinski definition) is 6. The number of ether oxygens (including phenoxy) is 1. The van der Waals surface area contributed by atoms with E-state index < -0.39 is 23.5 Å². The summed E-state index contributed by atoms with van der Waals surface area (Å²) in [6.07, 6.45) is 0. The standard InChI is InChI=1S/C18H11F2N3O3S2/c1-26-14(24)8-23-15-10(20)6-9(19)7-13(15)28-18(23)22-16(25)17-21-11-4-2-3-5-12(11)27-17/h2-7H,8H2,1H3. The number of rotatable bonds is 3. The summed E-state index contributed by atoms with van der Waals surface area (Å²) in [6, 6.07) is 9.08.